The molecule has 30 heavy (non-hydrogen) atoms. The molecule has 2 fully saturated rings. The van der Waals surface area contributed by atoms with E-state index >= 15 is 0 Å². The van der Waals surface area contributed by atoms with E-state index in [1.165, 1.54) is 32.4 Å². The smallest absolute Gasteiger partial charge is 0.306 e. The van der Waals surface area contributed by atoms with Crippen LogP contribution in [0.25, 0.3) is 0 Å². The molecule has 2 atom stereocenters. The third-order valence-corrected chi connectivity index (χ3v) is 6.35. The molecule has 2 aliphatic heterocycles. The minimum Gasteiger partial charge on any atom is -0.484 e. The van der Waals surface area contributed by atoms with Crippen molar-refractivity contribution in [2.45, 2.75) is 45.4 Å². The molecule has 6 nitrogen and oxygen atoms in total. The van der Waals surface area contributed by atoms with Crippen LogP contribution in [0.15, 0.2) is 30.3 Å². The third kappa shape index (κ3) is 7.01. The molecule has 1 amide bonds. The molecule has 2 aliphatic rings. The number of esters is 1. The van der Waals surface area contributed by atoms with Crippen LogP contribution < -0.4 is 4.74 Å². The Balaban J connectivity index is 1.54. The van der Waals surface area contributed by atoms with Gasteiger partial charge in [0.1, 0.15) is 5.75 Å². The van der Waals surface area contributed by atoms with Crippen molar-refractivity contribution in [1.29, 1.82) is 0 Å². The van der Waals surface area contributed by atoms with Crippen LogP contribution in [0, 0.1) is 11.8 Å². The Hall–Kier alpha value is -2.08. The SMILES string of the molecule is CCOC(=O)CC1CCN(C(=O)COc2ccccc2)CC1CCN1CCCCC1. The monoisotopic (exact) mass is 416 g/mol. The van der Waals surface area contributed by atoms with Crippen molar-refractivity contribution in [3.05, 3.63) is 30.3 Å². The summed E-state index contributed by atoms with van der Waals surface area (Å²) in [6.07, 6.45) is 6.21. The van der Waals surface area contributed by atoms with Gasteiger partial charge in [-0.3, -0.25) is 9.59 Å². The summed E-state index contributed by atoms with van der Waals surface area (Å²) in [5.41, 5.74) is 0. The molecule has 0 spiro atoms. The molecular weight excluding hydrogens is 380 g/mol. The standard InChI is InChI=1S/C24H36N2O4/c1-2-29-24(28)17-20-12-16-26(23(27)19-30-22-9-5-3-6-10-22)18-21(20)11-15-25-13-7-4-8-14-25/h3,5-6,9-10,20-21H,2,4,7-8,11-19H2,1H3. The van der Waals surface area contributed by atoms with Gasteiger partial charge in [-0.1, -0.05) is 24.6 Å². The third-order valence-electron chi connectivity index (χ3n) is 6.35. The van der Waals surface area contributed by atoms with Gasteiger partial charge in [-0.2, -0.15) is 0 Å². The second-order valence-corrected chi connectivity index (χ2v) is 8.45. The van der Waals surface area contributed by atoms with E-state index < -0.39 is 0 Å². The van der Waals surface area contributed by atoms with Gasteiger partial charge in [0, 0.05) is 19.5 Å². The lowest BCUT2D eigenvalue weighted by atomic mass is 9.81. The van der Waals surface area contributed by atoms with Gasteiger partial charge in [0.2, 0.25) is 0 Å². The number of hydrogen-bond acceptors (Lipinski definition) is 5. The topological polar surface area (TPSA) is 59.1 Å². The highest BCUT2D eigenvalue weighted by molar-refractivity contribution is 5.78. The highest BCUT2D eigenvalue weighted by atomic mass is 16.5. The minimum absolute atomic E-state index is 0.0245. The molecule has 0 aliphatic carbocycles. The molecule has 2 heterocycles. The number of piperidine rings is 2. The number of likely N-dealkylation sites (tertiary alicyclic amines) is 2. The van der Waals surface area contributed by atoms with Gasteiger partial charge in [-0.25, -0.2) is 0 Å². The number of benzene rings is 1. The average Bonchev–Trinajstić information content (AvgIpc) is 2.78. The Morgan fingerprint density at radius 1 is 1.03 bits per heavy atom. The predicted octanol–water partition coefficient (Wildman–Crippen LogP) is 3.36. The van der Waals surface area contributed by atoms with Crippen LogP contribution in [0.4, 0.5) is 0 Å². The van der Waals surface area contributed by atoms with Gasteiger partial charge in [0.25, 0.3) is 5.91 Å². The Morgan fingerprint density at radius 2 is 1.80 bits per heavy atom. The van der Waals surface area contributed by atoms with Crippen molar-refractivity contribution in [1.82, 2.24) is 9.80 Å². The average molecular weight is 417 g/mol. The number of nitrogens with zero attached hydrogens (tertiary/aromatic N) is 2. The van der Waals surface area contributed by atoms with E-state index in [-0.39, 0.29) is 24.4 Å². The summed E-state index contributed by atoms with van der Waals surface area (Å²) in [7, 11) is 0. The Bertz CT molecular complexity index is 660. The maximum Gasteiger partial charge on any atom is 0.306 e. The van der Waals surface area contributed by atoms with E-state index in [4.69, 9.17) is 9.47 Å². The van der Waals surface area contributed by atoms with Crippen LogP contribution in [0.2, 0.25) is 0 Å². The fraction of sp³-hybridized carbons (Fsp3) is 0.667. The van der Waals surface area contributed by atoms with Gasteiger partial charge >= 0.3 is 5.97 Å². The molecule has 1 aromatic rings. The number of carbonyl (C=O) groups excluding carboxylic acids is 2. The molecule has 1 aromatic carbocycles. The van der Waals surface area contributed by atoms with Crippen molar-refractivity contribution in [3.8, 4) is 5.75 Å². The van der Waals surface area contributed by atoms with Crippen molar-refractivity contribution in [2.24, 2.45) is 11.8 Å². The molecule has 0 saturated carbocycles. The number of carbonyl (C=O) groups is 2. The first-order valence-electron chi connectivity index (χ1n) is 11.5. The van der Waals surface area contributed by atoms with Crippen molar-refractivity contribution < 1.29 is 19.1 Å². The molecule has 6 heteroatoms. The summed E-state index contributed by atoms with van der Waals surface area (Å²) in [5, 5.41) is 0. The molecule has 3 rings (SSSR count). The summed E-state index contributed by atoms with van der Waals surface area (Å²) in [4.78, 5) is 29.3. The molecule has 0 radical (unpaired) electrons. The van der Waals surface area contributed by atoms with Gasteiger partial charge < -0.3 is 19.3 Å². The lowest BCUT2D eigenvalue weighted by Gasteiger charge is -2.39. The first-order valence-corrected chi connectivity index (χ1v) is 11.5. The number of hydrogen-bond donors (Lipinski definition) is 0. The van der Waals surface area contributed by atoms with Crippen LogP contribution in [0.5, 0.6) is 5.75 Å². The molecule has 2 unspecified atom stereocenters. The minimum atomic E-state index is -0.113. The first kappa shape index (κ1) is 22.6. The summed E-state index contributed by atoms with van der Waals surface area (Å²) < 4.78 is 10.9. The predicted molar refractivity (Wildman–Crippen MR) is 116 cm³/mol. The Morgan fingerprint density at radius 3 is 2.53 bits per heavy atom. The van der Waals surface area contributed by atoms with Gasteiger partial charge in [-0.05, 0) is 76.2 Å². The zero-order chi connectivity index (χ0) is 21.2. The van der Waals surface area contributed by atoms with Crippen molar-refractivity contribution >= 4 is 11.9 Å². The molecule has 0 N–H and O–H groups in total. The molecule has 2 saturated heterocycles. The van der Waals surface area contributed by atoms with Crippen molar-refractivity contribution in [3.63, 3.8) is 0 Å². The summed E-state index contributed by atoms with van der Waals surface area (Å²) in [5.74, 6) is 1.23. The van der Waals surface area contributed by atoms with E-state index in [0.717, 1.165) is 19.4 Å². The zero-order valence-corrected chi connectivity index (χ0v) is 18.3. The van der Waals surface area contributed by atoms with E-state index in [2.05, 4.69) is 4.90 Å². The molecule has 0 bridgehead atoms. The second-order valence-electron chi connectivity index (χ2n) is 8.45. The van der Waals surface area contributed by atoms with Crippen LogP contribution in [0.1, 0.15) is 45.4 Å². The lowest BCUT2D eigenvalue weighted by molar-refractivity contribution is -0.145. The second kappa shape index (κ2) is 11.9. The molecular formula is C24H36N2O4. The fourth-order valence-electron chi connectivity index (χ4n) is 4.62. The van der Waals surface area contributed by atoms with Gasteiger partial charge in [-0.15, -0.1) is 0 Å². The highest BCUT2D eigenvalue weighted by Gasteiger charge is 2.33. The number of ether oxygens (including phenoxy) is 2. The quantitative estimate of drug-likeness (QED) is 0.578. The highest BCUT2D eigenvalue weighted by Crippen LogP contribution is 2.30. The summed E-state index contributed by atoms with van der Waals surface area (Å²) >= 11 is 0. The van der Waals surface area contributed by atoms with E-state index in [1.807, 2.05) is 42.2 Å². The number of amides is 1. The van der Waals surface area contributed by atoms with E-state index in [0.29, 0.717) is 37.8 Å². The van der Waals surface area contributed by atoms with Crippen molar-refractivity contribution in [2.75, 3.05) is 45.9 Å². The summed E-state index contributed by atoms with van der Waals surface area (Å²) in [6, 6.07) is 9.45. The van der Waals surface area contributed by atoms with Crippen LogP contribution >= 0.6 is 0 Å². The normalized spacial score (nSPS) is 22.5. The Kier molecular flexibility index (Phi) is 9.00. The van der Waals surface area contributed by atoms with E-state index in [9.17, 15) is 9.59 Å². The van der Waals surface area contributed by atoms with Gasteiger partial charge in [0.15, 0.2) is 6.61 Å². The Labute approximate surface area is 180 Å². The van der Waals surface area contributed by atoms with Crippen LogP contribution in [-0.2, 0) is 14.3 Å². The van der Waals surface area contributed by atoms with Gasteiger partial charge in [0.05, 0.1) is 6.61 Å². The fourth-order valence-corrected chi connectivity index (χ4v) is 4.62. The van der Waals surface area contributed by atoms with Crippen LogP contribution in [-0.4, -0.2) is 67.6 Å². The van der Waals surface area contributed by atoms with Crippen LogP contribution in [0.3, 0.4) is 0 Å². The first-order chi connectivity index (χ1) is 14.7. The summed E-state index contributed by atoms with van der Waals surface area (Å²) in [6.45, 7) is 7.10. The maximum absolute atomic E-state index is 12.8. The number of rotatable bonds is 9. The molecule has 0 aromatic heterocycles. The zero-order valence-electron chi connectivity index (χ0n) is 18.3. The number of para-hydroxylation sites is 1. The largest absolute Gasteiger partial charge is 0.484 e. The lowest BCUT2D eigenvalue weighted by Crippen LogP contribution is -2.47. The van der Waals surface area contributed by atoms with E-state index in [1.54, 1.807) is 0 Å². The maximum atomic E-state index is 12.8. The molecule has 166 valence electrons.